The van der Waals surface area contributed by atoms with Gasteiger partial charge in [0.15, 0.2) is 0 Å². The minimum atomic E-state index is 0.217. The van der Waals surface area contributed by atoms with Crippen molar-refractivity contribution in [2.75, 3.05) is 36.8 Å². The van der Waals surface area contributed by atoms with E-state index >= 15 is 0 Å². The van der Waals surface area contributed by atoms with Crippen molar-refractivity contribution in [3.63, 3.8) is 0 Å². The Morgan fingerprint density at radius 3 is 2.50 bits per heavy atom. The molecular formula is C18H20ClN3OS. The first kappa shape index (κ1) is 17.1. The van der Waals surface area contributed by atoms with Crippen LogP contribution < -0.4 is 4.90 Å². The van der Waals surface area contributed by atoms with Crippen molar-refractivity contribution in [1.29, 1.82) is 0 Å². The fourth-order valence-corrected chi connectivity index (χ4v) is 3.67. The smallest absolute Gasteiger partial charge is 0.232 e. The summed E-state index contributed by atoms with van der Waals surface area (Å²) in [6.07, 6.45) is 1.81. The highest BCUT2D eigenvalue weighted by Crippen LogP contribution is 2.17. The molecule has 1 aromatic carbocycles. The third-order valence-electron chi connectivity index (χ3n) is 4.01. The molecule has 0 saturated carbocycles. The number of pyridine rings is 1. The van der Waals surface area contributed by atoms with Crippen LogP contribution in [0.25, 0.3) is 0 Å². The van der Waals surface area contributed by atoms with Crippen molar-refractivity contribution < 1.29 is 4.79 Å². The predicted molar refractivity (Wildman–Crippen MR) is 101 cm³/mol. The van der Waals surface area contributed by atoms with Crippen molar-refractivity contribution in [1.82, 2.24) is 9.88 Å². The molecule has 0 N–H and O–H groups in total. The Morgan fingerprint density at radius 1 is 1.08 bits per heavy atom. The first-order valence-electron chi connectivity index (χ1n) is 7.98. The van der Waals surface area contributed by atoms with Gasteiger partial charge in [-0.3, -0.25) is 4.79 Å². The molecule has 1 aliphatic rings. The molecule has 0 bridgehead atoms. The highest BCUT2D eigenvalue weighted by Gasteiger charge is 2.21. The molecular weight excluding hydrogens is 342 g/mol. The van der Waals surface area contributed by atoms with Gasteiger partial charge in [0.25, 0.3) is 0 Å². The Bertz CT molecular complexity index is 658. The molecule has 1 saturated heterocycles. The van der Waals surface area contributed by atoms with Crippen LogP contribution in [0, 0.1) is 0 Å². The second kappa shape index (κ2) is 8.40. The van der Waals surface area contributed by atoms with E-state index in [1.165, 1.54) is 5.56 Å². The minimum absolute atomic E-state index is 0.217. The van der Waals surface area contributed by atoms with Crippen LogP contribution in [0.1, 0.15) is 5.56 Å². The highest BCUT2D eigenvalue weighted by atomic mass is 35.5. The first-order valence-corrected chi connectivity index (χ1v) is 9.51. The second-order valence-corrected chi connectivity index (χ2v) is 7.10. The van der Waals surface area contributed by atoms with Gasteiger partial charge in [-0.25, -0.2) is 4.98 Å². The van der Waals surface area contributed by atoms with E-state index < -0.39 is 0 Å². The SMILES string of the molecule is O=C(CSCc1ccc(Cl)cc1)N1CCN(c2ccccn2)CC1. The Kier molecular flexibility index (Phi) is 5.99. The lowest BCUT2D eigenvalue weighted by molar-refractivity contribution is -0.128. The molecule has 1 amide bonds. The zero-order chi connectivity index (χ0) is 16.8. The number of amides is 1. The minimum Gasteiger partial charge on any atom is -0.353 e. The van der Waals surface area contributed by atoms with Gasteiger partial charge in [0.1, 0.15) is 5.82 Å². The number of benzene rings is 1. The number of carbonyl (C=O) groups excluding carboxylic acids is 1. The van der Waals surface area contributed by atoms with E-state index in [1.807, 2.05) is 47.4 Å². The molecule has 6 heteroatoms. The van der Waals surface area contributed by atoms with Gasteiger partial charge >= 0.3 is 0 Å². The van der Waals surface area contributed by atoms with E-state index in [2.05, 4.69) is 9.88 Å². The monoisotopic (exact) mass is 361 g/mol. The van der Waals surface area contributed by atoms with E-state index in [0.717, 1.165) is 42.8 Å². The van der Waals surface area contributed by atoms with Gasteiger partial charge in [-0.05, 0) is 29.8 Å². The average Bonchev–Trinajstić information content (AvgIpc) is 2.64. The number of nitrogens with zero attached hydrogens (tertiary/aromatic N) is 3. The largest absolute Gasteiger partial charge is 0.353 e. The molecule has 2 aromatic rings. The van der Waals surface area contributed by atoms with Crippen molar-refractivity contribution in [3.05, 3.63) is 59.2 Å². The van der Waals surface area contributed by atoms with Crippen LogP contribution in [-0.4, -0.2) is 47.7 Å². The lowest BCUT2D eigenvalue weighted by atomic mass is 10.2. The Morgan fingerprint density at radius 2 is 1.83 bits per heavy atom. The average molecular weight is 362 g/mol. The van der Waals surface area contributed by atoms with Crippen LogP contribution in [0.2, 0.25) is 5.02 Å². The number of thioether (sulfide) groups is 1. The molecule has 4 nitrogen and oxygen atoms in total. The summed E-state index contributed by atoms with van der Waals surface area (Å²) < 4.78 is 0. The Balaban J connectivity index is 1.41. The number of anilines is 1. The van der Waals surface area contributed by atoms with Gasteiger partial charge in [-0.2, -0.15) is 0 Å². The zero-order valence-electron chi connectivity index (χ0n) is 13.4. The highest BCUT2D eigenvalue weighted by molar-refractivity contribution is 7.99. The maximum Gasteiger partial charge on any atom is 0.232 e. The molecule has 1 fully saturated rings. The van der Waals surface area contributed by atoms with Gasteiger partial charge in [0, 0.05) is 43.2 Å². The van der Waals surface area contributed by atoms with Gasteiger partial charge in [0.05, 0.1) is 5.75 Å². The molecule has 0 atom stereocenters. The van der Waals surface area contributed by atoms with Crippen LogP contribution in [-0.2, 0) is 10.5 Å². The summed E-state index contributed by atoms with van der Waals surface area (Å²) in [5.74, 6) is 2.56. The van der Waals surface area contributed by atoms with E-state index in [4.69, 9.17) is 11.6 Å². The van der Waals surface area contributed by atoms with E-state index in [1.54, 1.807) is 18.0 Å². The lowest BCUT2D eigenvalue weighted by Gasteiger charge is -2.35. The molecule has 126 valence electrons. The predicted octanol–water partition coefficient (Wildman–Crippen LogP) is 3.32. The van der Waals surface area contributed by atoms with Crippen LogP contribution >= 0.6 is 23.4 Å². The topological polar surface area (TPSA) is 36.4 Å². The van der Waals surface area contributed by atoms with Crippen molar-refractivity contribution in [3.8, 4) is 0 Å². The van der Waals surface area contributed by atoms with Crippen LogP contribution in [0.4, 0.5) is 5.82 Å². The number of halogens is 1. The molecule has 0 spiro atoms. The van der Waals surface area contributed by atoms with Crippen molar-refractivity contribution >= 4 is 35.1 Å². The van der Waals surface area contributed by atoms with Crippen LogP contribution in [0.15, 0.2) is 48.7 Å². The molecule has 0 unspecified atom stereocenters. The summed E-state index contributed by atoms with van der Waals surface area (Å²) in [5, 5.41) is 0.741. The molecule has 0 radical (unpaired) electrons. The van der Waals surface area contributed by atoms with E-state index in [9.17, 15) is 4.79 Å². The maximum atomic E-state index is 12.3. The summed E-state index contributed by atoms with van der Waals surface area (Å²) in [6, 6.07) is 13.7. The van der Waals surface area contributed by atoms with Crippen molar-refractivity contribution in [2.45, 2.75) is 5.75 Å². The summed E-state index contributed by atoms with van der Waals surface area (Å²) in [7, 11) is 0. The summed E-state index contributed by atoms with van der Waals surface area (Å²) in [5.41, 5.74) is 1.19. The first-order chi connectivity index (χ1) is 11.7. The van der Waals surface area contributed by atoms with E-state index in [0.29, 0.717) is 5.75 Å². The Labute approximate surface area is 151 Å². The van der Waals surface area contributed by atoms with Crippen molar-refractivity contribution in [2.24, 2.45) is 0 Å². The number of carbonyl (C=O) groups is 1. The fraction of sp³-hybridized carbons (Fsp3) is 0.333. The van der Waals surface area contributed by atoms with Gasteiger partial charge in [-0.1, -0.05) is 29.8 Å². The van der Waals surface area contributed by atoms with Gasteiger partial charge in [-0.15, -0.1) is 11.8 Å². The van der Waals surface area contributed by atoms with Gasteiger partial charge in [0.2, 0.25) is 5.91 Å². The second-order valence-electron chi connectivity index (χ2n) is 5.68. The summed E-state index contributed by atoms with van der Waals surface area (Å²) >= 11 is 7.53. The zero-order valence-corrected chi connectivity index (χ0v) is 15.0. The number of piperazine rings is 1. The molecule has 24 heavy (non-hydrogen) atoms. The third-order valence-corrected chi connectivity index (χ3v) is 5.25. The standard InChI is InChI=1S/C18H20ClN3OS/c19-16-6-4-15(5-7-16)13-24-14-18(23)22-11-9-21(10-12-22)17-3-1-2-8-20-17/h1-8H,9-14H2. The molecule has 0 aliphatic carbocycles. The quantitative estimate of drug-likeness (QED) is 0.818. The molecule has 1 aromatic heterocycles. The number of aromatic nitrogens is 1. The van der Waals surface area contributed by atoms with Crippen LogP contribution in [0.3, 0.4) is 0 Å². The Hall–Kier alpha value is -1.72. The maximum absolute atomic E-state index is 12.3. The molecule has 1 aliphatic heterocycles. The number of hydrogen-bond acceptors (Lipinski definition) is 4. The fourth-order valence-electron chi connectivity index (χ4n) is 2.65. The molecule has 3 rings (SSSR count). The lowest BCUT2D eigenvalue weighted by Crippen LogP contribution is -2.49. The van der Waals surface area contributed by atoms with E-state index in [-0.39, 0.29) is 5.91 Å². The number of rotatable bonds is 5. The van der Waals surface area contributed by atoms with Gasteiger partial charge < -0.3 is 9.80 Å². The summed E-state index contributed by atoms with van der Waals surface area (Å²) in [4.78, 5) is 20.9. The molecule has 2 heterocycles. The van der Waals surface area contributed by atoms with Crippen LogP contribution in [0.5, 0.6) is 0 Å². The normalized spacial score (nSPS) is 14.7. The number of hydrogen-bond donors (Lipinski definition) is 0. The third kappa shape index (κ3) is 4.65. The summed E-state index contributed by atoms with van der Waals surface area (Å²) in [6.45, 7) is 3.20.